The molecule has 0 aliphatic rings. The van der Waals surface area contributed by atoms with E-state index >= 15 is 0 Å². The number of benzene rings is 5. The van der Waals surface area contributed by atoms with Crippen LogP contribution >= 0.6 is 0 Å². The number of fused-ring (bicyclic) bond motifs is 3. The maximum absolute atomic E-state index is 12.6. The van der Waals surface area contributed by atoms with Crippen molar-refractivity contribution in [1.29, 1.82) is 0 Å². The van der Waals surface area contributed by atoms with Gasteiger partial charge in [-0.2, -0.15) is 0 Å². The largest absolute Gasteiger partial charge is 0.501 e. The molecule has 0 aliphatic carbocycles. The first-order valence-electron chi connectivity index (χ1n) is 18.7. The minimum atomic E-state index is -0.278. The van der Waals surface area contributed by atoms with E-state index in [4.69, 9.17) is 9.40 Å². The topological polar surface area (TPSA) is 42.2 Å². The molecule has 0 saturated heterocycles. The van der Waals surface area contributed by atoms with Gasteiger partial charge in [0.2, 0.25) is 0 Å². The third-order valence-corrected chi connectivity index (χ3v) is 9.99. The molecule has 5 aromatic carbocycles. The summed E-state index contributed by atoms with van der Waals surface area (Å²) in [5.74, 6) is -0.278. The first-order valence-corrected chi connectivity index (χ1v) is 18.7. The van der Waals surface area contributed by atoms with Crippen LogP contribution in [0.4, 0.5) is 21.5 Å². The van der Waals surface area contributed by atoms with Crippen LogP contribution in [0.3, 0.4) is 0 Å². The Morgan fingerprint density at radius 2 is 1.29 bits per heavy atom. The van der Waals surface area contributed by atoms with Gasteiger partial charge >= 0.3 is 0 Å². The summed E-state index contributed by atoms with van der Waals surface area (Å²) >= 11 is 0. The van der Waals surface area contributed by atoms with E-state index in [0.29, 0.717) is 0 Å². The van der Waals surface area contributed by atoms with Crippen molar-refractivity contribution in [2.24, 2.45) is 0 Å². The van der Waals surface area contributed by atoms with Crippen molar-refractivity contribution in [3.05, 3.63) is 172 Å². The van der Waals surface area contributed by atoms with E-state index in [2.05, 4.69) is 145 Å². The molecular weight excluding hydrogens is 870 g/mol. The number of aryl methyl sites for hydroxylation is 6. The van der Waals surface area contributed by atoms with Crippen LogP contribution < -0.4 is 4.90 Å². The van der Waals surface area contributed by atoms with Gasteiger partial charge in [-0.25, -0.2) is 0 Å². The molecule has 1 radical (unpaired) electrons. The number of hydrogen-bond donors (Lipinski definition) is 0. The number of halogens is 1. The van der Waals surface area contributed by atoms with Gasteiger partial charge in [-0.15, -0.1) is 48.0 Å². The van der Waals surface area contributed by atoms with Crippen molar-refractivity contribution in [3.8, 4) is 22.5 Å². The van der Waals surface area contributed by atoms with Crippen LogP contribution in [0.2, 0.25) is 0 Å². The predicted octanol–water partition coefficient (Wildman–Crippen LogP) is 13.8. The quantitative estimate of drug-likeness (QED) is 0.161. The average molecular weight is 916 g/mol. The van der Waals surface area contributed by atoms with Gasteiger partial charge in [0.1, 0.15) is 5.58 Å². The SMILES string of the molecule is Cc1cc(C)c(N(c2ccc3c(c2)oc2c(-c4cc(C(C)(C)C)ccn4)[c-]ccc23)c2c(C)cc(C)cc2C)c(C)c1.Fc1c[c-]c(-c2ccccn2)cc1.[Ir]. The zero-order valence-corrected chi connectivity index (χ0v) is 35.8. The zero-order chi connectivity index (χ0) is 39.0. The third kappa shape index (κ3) is 8.23. The number of aromatic nitrogens is 2. The molecule has 6 heteroatoms. The summed E-state index contributed by atoms with van der Waals surface area (Å²) < 4.78 is 19.2. The number of pyridine rings is 2. The van der Waals surface area contributed by atoms with Gasteiger partial charge in [-0.1, -0.05) is 91.4 Å². The molecule has 285 valence electrons. The molecule has 0 spiro atoms. The summed E-state index contributed by atoms with van der Waals surface area (Å²) in [7, 11) is 0. The monoisotopic (exact) mass is 916 g/mol. The molecule has 0 N–H and O–H groups in total. The maximum atomic E-state index is 12.6. The van der Waals surface area contributed by atoms with Crippen molar-refractivity contribution < 1.29 is 28.9 Å². The molecule has 4 nitrogen and oxygen atoms in total. The minimum Gasteiger partial charge on any atom is -0.501 e. The Balaban J connectivity index is 0.000000321. The molecule has 0 atom stereocenters. The molecule has 0 aliphatic heterocycles. The fourth-order valence-corrected chi connectivity index (χ4v) is 7.60. The van der Waals surface area contributed by atoms with E-state index in [1.54, 1.807) is 12.3 Å². The molecule has 3 aromatic heterocycles. The van der Waals surface area contributed by atoms with Crippen LogP contribution in [0, 0.1) is 59.5 Å². The Labute approximate surface area is 343 Å². The standard InChI is InChI=1S/C39H39N2O.C11H7FN.Ir/c1-23-17-25(3)36(26(4)18-23)41(37-27(5)19-24(2)20-28(37)6)30-13-14-31-32-11-10-12-33(38(32)42-35(31)22-30)34-21-29(15-16-40-34)39(7,8)9;12-10-6-4-9(5-7-10)11-3-1-2-8-13-11;/h10-11,13-22H,1-9H3;1-4,6-8H;/q2*-1;. The van der Waals surface area contributed by atoms with Gasteiger partial charge in [0, 0.05) is 55.5 Å². The van der Waals surface area contributed by atoms with E-state index in [9.17, 15) is 4.39 Å². The van der Waals surface area contributed by atoms with Gasteiger partial charge in [0.05, 0.1) is 17.0 Å². The smallest absolute Gasteiger partial charge is 0.123 e. The van der Waals surface area contributed by atoms with Gasteiger partial charge in [-0.05, 0) is 104 Å². The predicted molar refractivity (Wildman–Crippen MR) is 226 cm³/mol. The van der Waals surface area contributed by atoms with E-state index < -0.39 is 0 Å². The fourth-order valence-electron chi connectivity index (χ4n) is 7.60. The summed E-state index contributed by atoms with van der Waals surface area (Å²) in [5, 5.41) is 2.16. The van der Waals surface area contributed by atoms with Crippen molar-refractivity contribution in [2.45, 2.75) is 67.7 Å². The van der Waals surface area contributed by atoms with Crippen molar-refractivity contribution >= 4 is 39.0 Å². The summed E-state index contributed by atoms with van der Waals surface area (Å²) in [6.45, 7) is 19.8. The van der Waals surface area contributed by atoms with Crippen LogP contribution in [0.1, 0.15) is 59.7 Å². The molecule has 3 heterocycles. The molecule has 0 unspecified atom stereocenters. The van der Waals surface area contributed by atoms with E-state index in [0.717, 1.165) is 50.1 Å². The van der Waals surface area contributed by atoms with Gasteiger partial charge in [0.15, 0.2) is 0 Å². The first-order chi connectivity index (χ1) is 26.3. The first kappa shape index (κ1) is 40.2. The second kappa shape index (κ2) is 16.4. The minimum absolute atomic E-state index is 0. The third-order valence-electron chi connectivity index (χ3n) is 9.99. The molecule has 8 rings (SSSR count). The van der Waals surface area contributed by atoms with Gasteiger partial charge in [0.25, 0.3) is 0 Å². The zero-order valence-electron chi connectivity index (χ0n) is 33.4. The maximum Gasteiger partial charge on any atom is 0.123 e. The summed E-state index contributed by atoms with van der Waals surface area (Å²) in [6, 6.07) is 40.3. The van der Waals surface area contributed by atoms with E-state index in [1.807, 2.05) is 30.5 Å². The number of rotatable bonds is 5. The Bertz CT molecular complexity index is 2550. The van der Waals surface area contributed by atoms with Gasteiger partial charge in [-0.3, -0.25) is 4.39 Å². The molecule has 0 saturated carbocycles. The van der Waals surface area contributed by atoms with Crippen molar-refractivity contribution in [3.63, 3.8) is 0 Å². The summed E-state index contributed by atoms with van der Waals surface area (Å²) in [6.07, 6.45) is 3.59. The Hall–Kier alpha value is -5.42. The van der Waals surface area contributed by atoms with Crippen LogP contribution in [0.5, 0.6) is 0 Å². The number of nitrogens with zero attached hydrogens (tertiary/aromatic N) is 3. The Kier molecular flexibility index (Phi) is 11.8. The molecule has 8 aromatic rings. The molecule has 0 fully saturated rings. The van der Waals surface area contributed by atoms with Crippen LogP contribution in [0.15, 0.2) is 120 Å². The average Bonchev–Trinajstić information content (AvgIpc) is 3.52. The van der Waals surface area contributed by atoms with E-state index in [-0.39, 0.29) is 31.3 Å². The molecule has 0 bridgehead atoms. The van der Waals surface area contributed by atoms with Gasteiger partial charge < -0.3 is 19.3 Å². The van der Waals surface area contributed by atoms with Crippen LogP contribution in [-0.4, -0.2) is 9.97 Å². The summed E-state index contributed by atoms with van der Waals surface area (Å²) in [4.78, 5) is 11.3. The Morgan fingerprint density at radius 3 is 1.86 bits per heavy atom. The number of furan rings is 1. The molecule has 56 heavy (non-hydrogen) atoms. The number of anilines is 3. The van der Waals surface area contributed by atoms with E-state index in [1.165, 1.54) is 62.5 Å². The summed E-state index contributed by atoms with van der Waals surface area (Å²) in [5.41, 5.74) is 17.4. The second-order valence-corrected chi connectivity index (χ2v) is 15.5. The van der Waals surface area contributed by atoms with Crippen LogP contribution in [0.25, 0.3) is 44.5 Å². The second-order valence-electron chi connectivity index (χ2n) is 15.5. The number of hydrogen-bond acceptors (Lipinski definition) is 4. The normalized spacial score (nSPS) is 11.2. The fraction of sp³-hybridized carbons (Fsp3) is 0.200. The molecular formula is C50H46FIrN3O-2. The molecule has 0 amide bonds. The van der Waals surface area contributed by atoms with Crippen LogP contribution in [-0.2, 0) is 25.5 Å². The van der Waals surface area contributed by atoms with Crippen molar-refractivity contribution in [2.75, 3.05) is 4.90 Å². The van der Waals surface area contributed by atoms with Crippen molar-refractivity contribution in [1.82, 2.24) is 9.97 Å². The Morgan fingerprint density at radius 1 is 0.643 bits per heavy atom.